The van der Waals surface area contributed by atoms with E-state index in [1.165, 1.54) is 25.1 Å². The van der Waals surface area contributed by atoms with Crippen LogP contribution in [0.25, 0.3) is 0 Å². The van der Waals surface area contributed by atoms with Crippen molar-refractivity contribution in [3.63, 3.8) is 0 Å². The molecule has 138 valence electrons. The number of amides is 2. The van der Waals surface area contributed by atoms with Gasteiger partial charge in [-0.2, -0.15) is 13.2 Å². The lowest BCUT2D eigenvalue weighted by Gasteiger charge is -2.21. The van der Waals surface area contributed by atoms with Crippen LogP contribution in [-0.2, 0) is 15.8 Å². The van der Waals surface area contributed by atoms with Gasteiger partial charge in [0.2, 0.25) is 11.8 Å². The summed E-state index contributed by atoms with van der Waals surface area (Å²) in [6.07, 6.45) is -4.54. The minimum atomic E-state index is -4.54. The zero-order chi connectivity index (χ0) is 19.5. The summed E-state index contributed by atoms with van der Waals surface area (Å²) in [4.78, 5) is 24.9. The number of hydrogen-bond acceptors (Lipinski definition) is 2. The molecule has 0 unspecified atom stereocenters. The third-order valence-electron chi connectivity index (χ3n) is 3.37. The Hall–Kier alpha value is -2.61. The van der Waals surface area contributed by atoms with Crippen LogP contribution in [-0.4, -0.2) is 18.4 Å². The molecule has 0 atom stereocenters. The van der Waals surface area contributed by atoms with Crippen LogP contribution in [0.4, 0.5) is 28.9 Å². The molecule has 0 saturated carbocycles. The third-order valence-corrected chi connectivity index (χ3v) is 3.66. The number of rotatable bonds is 4. The Morgan fingerprint density at radius 1 is 1.15 bits per heavy atom. The quantitative estimate of drug-likeness (QED) is 0.784. The molecule has 0 radical (unpaired) electrons. The Morgan fingerprint density at radius 2 is 1.85 bits per heavy atom. The van der Waals surface area contributed by atoms with E-state index in [1.807, 2.05) is 0 Å². The third kappa shape index (κ3) is 4.95. The van der Waals surface area contributed by atoms with Gasteiger partial charge < -0.3 is 10.2 Å². The Bertz CT molecular complexity index is 840. The van der Waals surface area contributed by atoms with Crippen molar-refractivity contribution < 1.29 is 27.2 Å². The summed E-state index contributed by atoms with van der Waals surface area (Å²) in [5, 5.41) is 2.07. The van der Waals surface area contributed by atoms with Crippen molar-refractivity contribution in [2.45, 2.75) is 13.1 Å². The lowest BCUT2D eigenvalue weighted by molar-refractivity contribution is -0.137. The van der Waals surface area contributed by atoms with Crippen LogP contribution in [0.15, 0.2) is 42.5 Å². The minimum absolute atomic E-state index is 0.0644. The van der Waals surface area contributed by atoms with Gasteiger partial charge in [0.05, 0.1) is 10.6 Å². The van der Waals surface area contributed by atoms with Crippen molar-refractivity contribution >= 4 is 34.8 Å². The lowest BCUT2D eigenvalue weighted by Crippen LogP contribution is -2.36. The zero-order valence-electron chi connectivity index (χ0n) is 13.4. The SMILES string of the molecule is CC(=O)N(CC(=O)Nc1cccc(C(F)(F)F)c1)c1ccc(F)c(Cl)c1. The van der Waals surface area contributed by atoms with E-state index in [2.05, 4.69) is 5.32 Å². The molecular weight excluding hydrogens is 376 g/mol. The number of benzene rings is 2. The lowest BCUT2D eigenvalue weighted by atomic mass is 10.2. The smallest absolute Gasteiger partial charge is 0.325 e. The topological polar surface area (TPSA) is 49.4 Å². The van der Waals surface area contributed by atoms with E-state index in [4.69, 9.17) is 11.6 Å². The van der Waals surface area contributed by atoms with Gasteiger partial charge in [0, 0.05) is 18.3 Å². The second-order valence-electron chi connectivity index (χ2n) is 5.33. The van der Waals surface area contributed by atoms with Gasteiger partial charge >= 0.3 is 6.18 Å². The van der Waals surface area contributed by atoms with Crippen LogP contribution in [0, 0.1) is 5.82 Å². The van der Waals surface area contributed by atoms with Crippen molar-refractivity contribution in [3.8, 4) is 0 Å². The molecule has 2 aromatic carbocycles. The molecule has 9 heteroatoms. The summed E-state index contributed by atoms with van der Waals surface area (Å²) in [6.45, 7) is 0.711. The zero-order valence-corrected chi connectivity index (χ0v) is 14.2. The molecule has 0 aromatic heterocycles. The number of nitrogens with zero attached hydrogens (tertiary/aromatic N) is 1. The highest BCUT2D eigenvalue weighted by atomic mass is 35.5. The van der Waals surface area contributed by atoms with Crippen LogP contribution in [0.5, 0.6) is 0 Å². The first kappa shape index (κ1) is 19.7. The molecule has 0 aliphatic heterocycles. The van der Waals surface area contributed by atoms with Gasteiger partial charge in [-0.3, -0.25) is 9.59 Å². The average molecular weight is 389 g/mol. The second-order valence-corrected chi connectivity index (χ2v) is 5.74. The number of anilines is 2. The summed E-state index contributed by atoms with van der Waals surface area (Å²) < 4.78 is 51.4. The molecule has 0 heterocycles. The van der Waals surface area contributed by atoms with E-state index < -0.39 is 35.9 Å². The molecule has 0 spiro atoms. The van der Waals surface area contributed by atoms with Crippen molar-refractivity contribution in [2.24, 2.45) is 0 Å². The maximum Gasteiger partial charge on any atom is 0.416 e. The predicted molar refractivity (Wildman–Crippen MR) is 89.5 cm³/mol. The molecule has 2 amide bonds. The van der Waals surface area contributed by atoms with E-state index in [-0.39, 0.29) is 16.4 Å². The van der Waals surface area contributed by atoms with E-state index in [9.17, 15) is 27.2 Å². The highest BCUT2D eigenvalue weighted by Gasteiger charge is 2.30. The number of halogens is 5. The van der Waals surface area contributed by atoms with Crippen LogP contribution in [0.2, 0.25) is 5.02 Å². The Labute approximate surface area is 151 Å². The Morgan fingerprint density at radius 3 is 2.42 bits per heavy atom. The average Bonchev–Trinajstić information content (AvgIpc) is 2.54. The van der Waals surface area contributed by atoms with E-state index in [0.29, 0.717) is 0 Å². The maximum atomic E-state index is 13.2. The van der Waals surface area contributed by atoms with E-state index in [0.717, 1.165) is 29.2 Å². The number of nitrogens with one attached hydrogen (secondary N) is 1. The van der Waals surface area contributed by atoms with Crippen LogP contribution in [0.3, 0.4) is 0 Å². The normalized spacial score (nSPS) is 11.2. The highest BCUT2D eigenvalue weighted by Crippen LogP contribution is 2.30. The van der Waals surface area contributed by atoms with Gasteiger partial charge in [-0.25, -0.2) is 4.39 Å². The molecule has 26 heavy (non-hydrogen) atoms. The van der Waals surface area contributed by atoms with Crippen LogP contribution in [0.1, 0.15) is 12.5 Å². The van der Waals surface area contributed by atoms with Gasteiger partial charge in [-0.1, -0.05) is 17.7 Å². The van der Waals surface area contributed by atoms with Gasteiger partial charge in [0.1, 0.15) is 12.4 Å². The molecule has 0 aliphatic rings. The number of alkyl halides is 3. The summed E-state index contributed by atoms with van der Waals surface area (Å²) >= 11 is 5.67. The molecule has 2 rings (SSSR count). The molecule has 1 N–H and O–H groups in total. The monoisotopic (exact) mass is 388 g/mol. The van der Waals surface area contributed by atoms with Crippen molar-refractivity contribution in [2.75, 3.05) is 16.8 Å². The van der Waals surface area contributed by atoms with Gasteiger partial charge in [-0.05, 0) is 36.4 Å². The standard InChI is InChI=1S/C17H13ClF4N2O2/c1-10(25)24(13-5-6-15(19)14(18)8-13)9-16(26)23-12-4-2-3-11(7-12)17(20,21)22/h2-8H,9H2,1H3,(H,23,26). The Kier molecular flexibility index (Phi) is 5.86. The molecular formula is C17H13ClF4N2O2. The number of hydrogen-bond donors (Lipinski definition) is 1. The maximum absolute atomic E-state index is 13.2. The van der Waals surface area contributed by atoms with Crippen molar-refractivity contribution in [1.82, 2.24) is 0 Å². The summed E-state index contributed by atoms with van der Waals surface area (Å²) in [6, 6.07) is 7.58. The highest BCUT2D eigenvalue weighted by molar-refractivity contribution is 6.31. The first-order valence-electron chi connectivity index (χ1n) is 7.28. The molecule has 0 fully saturated rings. The fourth-order valence-electron chi connectivity index (χ4n) is 2.15. The summed E-state index contributed by atoms with van der Waals surface area (Å²) in [5.74, 6) is -1.93. The number of carbonyl (C=O) groups excluding carboxylic acids is 2. The van der Waals surface area contributed by atoms with E-state index >= 15 is 0 Å². The van der Waals surface area contributed by atoms with Crippen molar-refractivity contribution in [1.29, 1.82) is 0 Å². The Balaban J connectivity index is 2.16. The van der Waals surface area contributed by atoms with Crippen LogP contribution < -0.4 is 10.2 Å². The fraction of sp³-hybridized carbons (Fsp3) is 0.176. The first-order chi connectivity index (χ1) is 12.1. The molecule has 0 saturated heterocycles. The van der Waals surface area contributed by atoms with Crippen molar-refractivity contribution in [3.05, 3.63) is 58.9 Å². The van der Waals surface area contributed by atoms with Crippen LogP contribution >= 0.6 is 11.6 Å². The fourth-order valence-corrected chi connectivity index (χ4v) is 2.33. The van der Waals surface area contributed by atoms with Gasteiger partial charge in [-0.15, -0.1) is 0 Å². The largest absolute Gasteiger partial charge is 0.416 e. The molecule has 4 nitrogen and oxygen atoms in total. The second kappa shape index (κ2) is 7.74. The summed E-state index contributed by atoms with van der Waals surface area (Å²) in [7, 11) is 0. The molecule has 2 aromatic rings. The number of carbonyl (C=O) groups is 2. The minimum Gasteiger partial charge on any atom is -0.325 e. The molecule has 0 bridgehead atoms. The first-order valence-corrected chi connectivity index (χ1v) is 7.66. The van der Waals surface area contributed by atoms with Gasteiger partial charge in [0.15, 0.2) is 0 Å². The van der Waals surface area contributed by atoms with E-state index in [1.54, 1.807) is 0 Å². The van der Waals surface area contributed by atoms with Gasteiger partial charge in [0.25, 0.3) is 0 Å². The summed E-state index contributed by atoms with van der Waals surface area (Å²) in [5.41, 5.74) is -0.794. The molecule has 0 aliphatic carbocycles. The predicted octanol–water partition coefficient (Wildman–Crippen LogP) is 4.49.